The second-order valence-electron chi connectivity index (χ2n) is 8.13. The van der Waals surface area contributed by atoms with Crippen LogP contribution in [0.15, 0.2) is 24.3 Å². The molecule has 28 heavy (non-hydrogen) atoms. The number of likely N-dealkylation sites (tertiary alicyclic amines) is 1. The molecule has 0 aliphatic carbocycles. The molecule has 1 aromatic carbocycles. The van der Waals surface area contributed by atoms with Crippen LogP contribution in [0, 0.1) is 11.7 Å². The number of amides is 2. The predicted octanol–water partition coefficient (Wildman–Crippen LogP) is 3.01. The van der Waals surface area contributed by atoms with Crippen molar-refractivity contribution in [2.24, 2.45) is 5.92 Å². The van der Waals surface area contributed by atoms with E-state index in [0.29, 0.717) is 51.6 Å². The molecule has 0 aromatic heterocycles. The Morgan fingerprint density at radius 2 is 2.04 bits per heavy atom. The van der Waals surface area contributed by atoms with Gasteiger partial charge in [-0.1, -0.05) is 19.1 Å². The van der Waals surface area contributed by atoms with Gasteiger partial charge >= 0.3 is 0 Å². The summed E-state index contributed by atoms with van der Waals surface area (Å²) in [6.45, 7) is 3.08. The zero-order chi connectivity index (χ0) is 20.1. The topological polar surface area (TPSA) is 66.5 Å². The molecular formula is C22H29FN2O3. The van der Waals surface area contributed by atoms with E-state index in [9.17, 15) is 18.8 Å². The SMILES string of the molecule is CCC(=O)[C@@H]1CCCN(C(=O)CC[C@@]2(Cc3ccc(F)cc3)CCC(=O)N2)C1. The monoisotopic (exact) mass is 388 g/mol. The minimum atomic E-state index is -0.459. The summed E-state index contributed by atoms with van der Waals surface area (Å²) >= 11 is 0. The third kappa shape index (κ3) is 4.97. The highest BCUT2D eigenvalue weighted by molar-refractivity contribution is 5.83. The third-order valence-electron chi connectivity index (χ3n) is 6.09. The quantitative estimate of drug-likeness (QED) is 0.781. The summed E-state index contributed by atoms with van der Waals surface area (Å²) in [7, 11) is 0. The predicted molar refractivity (Wildman–Crippen MR) is 104 cm³/mol. The van der Waals surface area contributed by atoms with Crippen LogP contribution in [0.2, 0.25) is 0 Å². The number of carbonyl (C=O) groups is 3. The highest BCUT2D eigenvalue weighted by atomic mass is 19.1. The van der Waals surface area contributed by atoms with Gasteiger partial charge in [0, 0.05) is 43.8 Å². The summed E-state index contributed by atoms with van der Waals surface area (Å²) in [4.78, 5) is 38.5. The highest BCUT2D eigenvalue weighted by Crippen LogP contribution is 2.30. The minimum absolute atomic E-state index is 0.00106. The molecule has 2 saturated heterocycles. The van der Waals surface area contributed by atoms with Crippen LogP contribution in [0.1, 0.15) is 57.4 Å². The molecule has 3 rings (SSSR count). The van der Waals surface area contributed by atoms with Crippen molar-refractivity contribution in [2.45, 2.75) is 63.8 Å². The smallest absolute Gasteiger partial charge is 0.222 e. The Kier molecular flexibility index (Phi) is 6.47. The van der Waals surface area contributed by atoms with Crippen LogP contribution in [0.25, 0.3) is 0 Å². The molecule has 0 spiro atoms. The van der Waals surface area contributed by atoms with Crippen molar-refractivity contribution in [3.05, 3.63) is 35.6 Å². The molecular weight excluding hydrogens is 359 g/mol. The first-order chi connectivity index (χ1) is 13.4. The van der Waals surface area contributed by atoms with E-state index in [4.69, 9.17) is 0 Å². The highest BCUT2D eigenvalue weighted by Gasteiger charge is 2.38. The van der Waals surface area contributed by atoms with Crippen LogP contribution in [0.3, 0.4) is 0 Å². The number of benzene rings is 1. The Bertz CT molecular complexity index is 734. The largest absolute Gasteiger partial charge is 0.350 e. The number of piperidine rings is 1. The second kappa shape index (κ2) is 8.84. The molecule has 0 radical (unpaired) electrons. The van der Waals surface area contributed by atoms with E-state index in [1.807, 2.05) is 11.8 Å². The maximum Gasteiger partial charge on any atom is 0.222 e. The van der Waals surface area contributed by atoms with Crippen molar-refractivity contribution >= 4 is 17.6 Å². The lowest BCUT2D eigenvalue weighted by atomic mass is 9.84. The van der Waals surface area contributed by atoms with Gasteiger partial charge in [-0.05, 0) is 49.8 Å². The van der Waals surface area contributed by atoms with Crippen molar-refractivity contribution in [3.8, 4) is 0 Å². The molecule has 6 heteroatoms. The fourth-order valence-corrected chi connectivity index (χ4v) is 4.43. The van der Waals surface area contributed by atoms with E-state index in [2.05, 4.69) is 5.32 Å². The number of hydrogen-bond donors (Lipinski definition) is 1. The summed E-state index contributed by atoms with van der Waals surface area (Å²) in [5.41, 5.74) is 0.488. The van der Waals surface area contributed by atoms with Crippen LogP contribution in [0.4, 0.5) is 4.39 Å². The summed E-state index contributed by atoms with van der Waals surface area (Å²) in [5.74, 6) is -0.0468. The Morgan fingerprint density at radius 1 is 1.29 bits per heavy atom. The van der Waals surface area contributed by atoms with Crippen molar-refractivity contribution in [3.63, 3.8) is 0 Å². The molecule has 1 aromatic rings. The first-order valence-electron chi connectivity index (χ1n) is 10.3. The molecule has 0 saturated carbocycles. The van der Waals surface area contributed by atoms with Crippen molar-refractivity contribution in [2.75, 3.05) is 13.1 Å². The van der Waals surface area contributed by atoms with Crippen LogP contribution < -0.4 is 5.32 Å². The maximum atomic E-state index is 13.2. The molecule has 2 fully saturated rings. The van der Waals surface area contributed by atoms with Gasteiger partial charge < -0.3 is 10.2 Å². The lowest BCUT2D eigenvalue weighted by molar-refractivity contribution is -0.135. The Morgan fingerprint density at radius 3 is 2.68 bits per heavy atom. The Balaban J connectivity index is 1.62. The van der Waals surface area contributed by atoms with E-state index >= 15 is 0 Å². The van der Waals surface area contributed by atoms with Crippen molar-refractivity contribution in [1.82, 2.24) is 10.2 Å². The summed E-state index contributed by atoms with van der Waals surface area (Å²) in [5, 5.41) is 3.07. The van der Waals surface area contributed by atoms with Crippen LogP contribution in [-0.2, 0) is 20.8 Å². The molecule has 152 valence electrons. The van der Waals surface area contributed by atoms with Crippen LogP contribution >= 0.6 is 0 Å². The Hall–Kier alpha value is -2.24. The first kappa shape index (κ1) is 20.5. The van der Waals surface area contributed by atoms with E-state index < -0.39 is 5.54 Å². The number of halogens is 1. The Labute approximate surface area is 165 Å². The van der Waals surface area contributed by atoms with E-state index in [0.717, 1.165) is 18.4 Å². The molecule has 2 aliphatic heterocycles. The molecule has 5 nitrogen and oxygen atoms in total. The van der Waals surface area contributed by atoms with Gasteiger partial charge in [-0.15, -0.1) is 0 Å². The van der Waals surface area contributed by atoms with Gasteiger partial charge in [-0.3, -0.25) is 14.4 Å². The fraction of sp³-hybridized carbons (Fsp3) is 0.591. The van der Waals surface area contributed by atoms with E-state index in [-0.39, 0.29) is 29.3 Å². The molecule has 2 amide bonds. The molecule has 2 heterocycles. The molecule has 2 aliphatic rings. The molecule has 0 unspecified atom stereocenters. The van der Waals surface area contributed by atoms with E-state index in [1.54, 1.807) is 12.1 Å². The van der Waals surface area contributed by atoms with Gasteiger partial charge in [0.2, 0.25) is 11.8 Å². The number of nitrogens with one attached hydrogen (secondary N) is 1. The number of hydrogen-bond acceptors (Lipinski definition) is 3. The normalized spacial score (nSPS) is 24.9. The lowest BCUT2D eigenvalue weighted by Gasteiger charge is -2.34. The van der Waals surface area contributed by atoms with Crippen LogP contribution in [0.5, 0.6) is 0 Å². The first-order valence-corrected chi connectivity index (χ1v) is 10.3. The number of Topliss-reactive ketones (excluding diaryl/α,β-unsaturated/α-hetero) is 1. The van der Waals surface area contributed by atoms with Crippen molar-refractivity contribution < 1.29 is 18.8 Å². The van der Waals surface area contributed by atoms with Gasteiger partial charge in [0.1, 0.15) is 11.6 Å². The van der Waals surface area contributed by atoms with Gasteiger partial charge in [0.05, 0.1) is 0 Å². The number of ketones is 1. The third-order valence-corrected chi connectivity index (χ3v) is 6.09. The zero-order valence-corrected chi connectivity index (χ0v) is 16.5. The maximum absolute atomic E-state index is 13.2. The minimum Gasteiger partial charge on any atom is -0.350 e. The van der Waals surface area contributed by atoms with Gasteiger partial charge in [0.25, 0.3) is 0 Å². The summed E-state index contributed by atoms with van der Waals surface area (Å²) in [6.07, 6.45) is 4.84. The van der Waals surface area contributed by atoms with E-state index in [1.165, 1.54) is 12.1 Å². The van der Waals surface area contributed by atoms with Gasteiger partial charge in [-0.2, -0.15) is 0 Å². The number of nitrogens with zero attached hydrogens (tertiary/aromatic N) is 1. The standard InChI is InChI=1S/C22H29FN2O3/c1-2-19(26)17-4-3-13-25(15-17)21(28)10-12-22(11-9-20(27)24-22)14-16-5-7-18(23)8-6-16/h5-8,17H,2-4,9-15H2,1H3,(H,24,27)/t17-,22-/m1/s1. The van der Waals surface area contributed by atoms with Crippen molar-refractivity contribution in [1.29, 1.82) is 0 Å². The number of carbonyl (C=O) groups excluding carboxylic acids is 3. The molecule has 0 bridgehead atoms. The second-order valence-corrected chi connectivity index (χ2v) is 8.13. The van der Waals surface area contributed by atoms with Crippen LogP contribution in [-0.4, -0.2) is 41.1 Å². The van der Waals surface area contributed by atoms with Gasteiger partial charge in [0.15, 0.2) is 0 Å². The average molecular weight is 388 g/mol. The average Bonchev–Trinajstić information content (AvgIpc) is 3.08. The summed E-state index contributed by atoms with van der Waals surface area (Å²) in [6, 6.07) is 6.30. The molecule has 2 atom stereocenters. The lowest BCUT2D eigenvalue weighted by Crippen LogP contribution is -2.46. The molecule has 1 N–H and O–H groups in total. The number of rotatable bonds is 7. The fourth-order valence-electron chi connectivity index (χ4n) is 4.43. The summed E-state index contributed by atoms with van der Waals surface area (Å²) < 4.78 is 13.2. The zero-order valence-electron chi connectivity index (χ0n) is 16.5. The van der Waals surface area contributed by atoms with Gasteiger partial charge in [-0.25, -0.2) is 4.39 Å².